The van der Waals surface area contributed by atoms with Crippen molar-refractivity contribution in [1.29, 1.82) is 0 Å². The number of hydrogen-bond acceptors (Lipinski definition) is 7. The van der Waals surface area contributed by atoms with Crippen LogP contribution in [0.4, 0.5) is 11.4 Å². The van der Waals surface area contributed by atoms with E-state index in [1.807, 2.05) is 22.9 Å². The summed E-state index contributed by atoms with van der Waals surface area (Å²) < 4.78 is 12.8. The zero-order chi connectivity index (χ0) is 25.2. The van der Waals surface area contributed by atoms with Crippen LogP contribution in [-0.4, -0.2) is 47.7 Å². The second-order valence-corrected chi connectivity index (χ2v) is 9.11. The van der Waals surface area contributed by atoms with E-state index in [1.54, 1.807) is 44.6 Å². The molecule has 5 rings (SSSR count). The average Bonchev–Trinajstić information content (AvgIpc) is 3.54. The monoisotopic (exact) mass is 507 g/mol. The summed E-state index contributed by atoms with van der Waals surface area (Å²) in [6, 6.07) is 14.8. The number of methoxy groups -OCH3 is 2. The number of non-ortho nitro benzene ring substituents is 1. The highest BCUT2D eigenvalue weighted by molar-refractivity contribution is 6.32. The van der Waals surface area contributed by atoms with Crippen LogP contribution in [0.3, 0.4) is 0 Å². The molecule has 0 radical (unpaired) electrons. The van der Waals surface area contributed by atoms with Gasteiger partial charge >= 0.3 is 0 Å². The average molecular weight is 508 g/mol. The number of nitrogens with zero attached hydrogens (tertiary/aromatic N) is 4. The van der Waals surface area contributed by atoms with Crippen molar-refractivity contribution in [1.82, 2.24) is 14.7 Å². The van der Waals surface area contributed by atoms with Crippen LogP contribution in [0.5, 0.6) is 11.5 Å². The van der Waals surface area contributed by atoms with Crippen molar-refractivity contribution in [3.63, 3.8) is 0 Å². The molecule has 0 spiro atoms. The molecule has 2 aromatic carbocycles. The summed E-state index contributed by atoms with van der Waals surface area (Å²) in [6.07, 6.45) is 4.98. The number of rotatable bonds is 8. The fourth-order valence-corrected chi connectivity index (χ4v) is 4.76. The highest BCUT2D eigenvalue weighted by Gasteiger charge is 2.23. The Balaban J connectivity index is 1.28. The van der Waals surface area contributed by atoms with Gasteiger partial charge < -0.3 is 24.1 Å². The molecule has 0 aliphatic carbocycles. The number of nitrogens with one attached hydrogen (secondary N) is 1. The number of fused-ring (bicyclic) bond motifs is 1. The van der Waals surface area contributed by atoms with Gasteiger partial charge in [0.25, 0.3) is 5.69 Å². The van der Waals surface area contributed by atoms with Crippen LogP contribution in [0.1, 0.15) is 12.0 Å². The summed E-state index contributed by atoms with van der Waals surface area (Å²) in [5.74, 6) is 1.19. The van der Waals surface area contributed by atoms with Crippen molar-refractivity contribution in [3.8, 4) is 22.8 Å². The van der Waals surface area contributed by atoms with E-state index < -0.39 is 0 Å². The highest BCUT2D eigenvalue weighted by Crippen LogP contribution is 2.38. The minimum absolute atomic E-state index is 0.108. The summed E-state index contributed by atoms with van der Waals surface area (Å²) in [7, 11) is 3.18. The van der Waals surface area contributed by atoms with E-state index >= 15 is 0 Å². The van der Waals surface area contributed by atoms with Gasteiger partial charge in [-0.1, -0.05) is 23.7 Å². The van der Waals surface area contributed by atoms with Gasteiger partial charge in [-0.25, -0.2) is 4.98 Å². The van der Waals surface area contributed by atoms with E-state index in [2.05, 4.69) is 22.3 Å². The van der Waals surface area contributed by atoms with Crippen LogP contribution in [0.2, 0.25) is 5.02 Å². The van der Waals surface area contributed by atoms with Crippen molar-refractivity contribution in [2.45, 2.75) is 19.0 Å². The fraction of sp³-hybridized carbons (Fsp3) is 0.269. The molecule has 10 heteroatoms. The molecule has 4 aromatic rings. The van der Waals surface area contributed by atoms with E-state index in [9.17, 15) is 10.1 Å². The lowest BCUT2D eigenvalue weighted by Crippen LogP contribution is -2.32. The van der Waals surface area contributed by atoms with Crippen molar-refractivity contribution in [2.75, 3.05) is 32.2 Å². The zero-order valence-electron chi connectivity index (χ0n) is 20.0. The Morgan fingerprint density at radius 3 is 2.64 bits per heavy atom. The molecule has 2 aromatic heterocycles. The lowest BCUT2D eigenvalue weighted by atomic mass is 10.1. The lowest BCUT2D eigenvalue weighted by molar-refractivity contribution is -0.384. The van der Waals surface area contributed by atoms with Gasteiger partial charge in [-0.15, -0.1) is 0 Å². The molecule has 36 heavy (non-hydrogen) atoms. The first kappa shape index (κ1) is 23.9. The third-order valence-electron chi connectivity index (χ3n) is 6.49. The molecular formula is C26H26ClN5O4. The van der Waals surface area contributed by atoms with Crippen molar-refractivity contribution >= 4 is 28.6 Å². The smallest absolute Gasteiger partial charge is 0.269 e. The summed E-state index contributed by atoms with van der Waals surface area (Å²) in [6.45, 7) is 2.48. The predicted octanol–water partition coefficient (Wildman–Crippen LogP) is 4.95. The number of imidazole rings is 1. The van der Waals surface area contributed by atoms with Crippen LogP contribution in [-0.2, 0) is 6.54 Å². The third-order valence-corrected chi connectivity index (χ3v) is 6.78. The van der Waals surface area contributed by atoms with Crippen LogP contribution in [0, 0.1) is 10.1 Å². The largest absolute Gasteiger partial charge is 0.496 e. The summed E-state index contributed by atoms with van der Waals surface area (Å²) in [5, 5.41) is 14.9. The van der Waals surface area contributed by atoms with Gasteiger partial charge in [-0.3, -0.25) is 10.1 Å². The maximum atomic E-state index is 10.8. The van der Waals surface area contributed by atoms with Gasteiger partial charge in [0, 0.05) is 73.6 Å². The van der Waals surface area contributed by atoms with E-state index in [-0.39, 0.29) is 10.6 Å². The van der Waals surface area contributed by atoms with Crippen LogP contribution >= 0.6 is 11.6 Å². The zero-order valence-corrected chi connectivity index (χ0v) is 20.7. The Bertz CT molecular complexity index is 1410. The molecule has 1 saturated heterocycles. The first-order chi connectivity index (χ1) is 17.4. The van der Waals surface area contributed by atoms with Crippen LogP contribution in [0.25, 0.3) is 16.9 Å². The Kier molecular flexibility index (Phi) is 6.67. The van der Waals surface area contributed by atoms with Gasteiger partial charge in [-0.05, 0) is 24.1 Å². The molecule has 1 aliphatic rings. The number of aromatic nitrogens is 2. The topological polar surface area (TPSA) is 94.2 Å². The van der Waals surface area contributed by atoms with E-state index in [4.69, 9.17) is 26.1 Å². The van der Waals surface area contributed by atoms with E-state index in [1.165, 1.54) is 0 Å². The first-order valence-corrected chi connectivity index (χ1v) is 12.0. The molecule has 0 bridgehead atoms. The van der Waals surface area contributed by atoms with Gasteiger partial charge in [-0.2, -0.15) is 0 Å². The highest BCUT2D eigenvalue weighted by atomic mass is 35.5. The molecule has 0 unspecified atom stereocenters. The van der Waals surface area contributed by atoms with Crippen molar-refractivity contribution in [2.24, 2.45) is 0 Å². The second-order valence-electron chi connectivity index (χ2n) is 8.70. The minimum atomic E-state index is -0.381. The van der Waals surface area contributed by atoms with Gasteiger partial charge in [0.1, 0.15) is 17.1 Å². The summed E-state index contributed by atoms with van der Waals surface area (Å²) in [5.41, 5.74) is 4.64. The summed E-state index contributed by atoms with van der Waals surface area (Å²) in [4.78, 5) is 17.6. The fourth-order valence-electron chi connectivity index (χ4n) is 4.52. The molecule has 9 nitrogen and oxygen atoms in total. The second kappa shape index (κ2) is 10.0. The number of nitro groups is 1. The maximum Gasteiger partial charge on any atom is 0.269 e. The Labute approximate surface area is 213 Å². The summed E-state index contributed by atoms with van der Waals surface area (Å²) >= 11 is 6.36. The maximum absolute atomic E-state index is 10.8. The Morgan fingerprint density at radius 1 is 1.14 bits per heavy atom. The molecule has 1 N–H and O–H groups in total. The number of halogens is 1. The Hall–Kier alpha value is -3.82. The number of ether oxygens (including phenoxy) is 2. The molecule has 1 atom stereocenters. The first-order valence-electron chi connectivity index (χ1n) is 11.6. The number of anilines is 1. The van der Waals surface area contributed by atoms with Gasteiger partial charge in [0.15, 0.2) is 0 Å². The number of benzene rings is 2. The molecule has 3 heterocycles. The SMILES string of the molecule is COc1cc(OC)c(-c2cn3ccc(N4CC[C@H](NCc5ccc([N+](=O)[O-])cc5)C4)cc3n2)cc1Cl. The lowest BCUT2D eigenvalue weighted by Gasteiger charge is -2.19. The van der Waals surface area contributed by atoms with E-state index in [0.717, 1.165) is 47.7 Å². The van der Waals surface area contributed by atoms with E-state index in [0.29, 0.717) is 29.1 Å². The number of pyridine rings is 1. The van der Waals surface area contributed by atoms with Crippen molar-refractivity contribution < 1.29 is 14.4 Å². The predicted molar refractivity (Wildman–Crippen MR) is 139 cm³/mol. The van der Waals surface area contributed by atoms with Crippen LogP contribution in [0.15, 0.2) is 60.9 Å². The molecule has 1 fully saturated rings. The van der Waals surface area contributed by atoms with Gasteiger partial charge in [0.2, 0.25) is 0 Å². The molecule has 186 valence electrons. The van der Waals surface area contributed by atoms with Crippen LogP contribution < -0.4 is 19.7 Å². The quantitative estimate of drug-likeness (QED) is 0.266. The standard InChI is InChI=1S/C26H26ClN5O4/c1-35-24-13-25(36-2)22(27)12-21(24)23-16-31-10-8-20(11-26(31)29-23)30-9-7-18(15-30)28-14-17-3-5-19(6-4-17)32(33)34/h3-6,8,10-13,16,18,28H,7,9,14-15H2,1-2H3/t18-/m0/s1. The Morgan fingerprint density at radius 2 is 1.92 bits per heavy atom. The third kappa shape index (κ3) is 4.80. The minimum Gasteiger partial charge on any atom is -0.496 e. The molecule has 0 saturated carbocycles. The van der Waals surface area contributed by atoms with Crippen molar-refractivity contribution in [3.05, 3.63) is 81.6 Å². The number of nitro benzene ring substituents is 1. The normalized spacial score (nSPS) is 15.4. The number of hydrogen-bond donors (Lipinski definition) is 1. The molecule has 0 amide bonds. The van der Waals surface area contributed by atoms with Gasteiger partial charge in [0.05, 0.1) is 29.9 Å². The molecular weight excluding hydrogens is 482 g/mol. The molecule has 1 aliphatic heterocycles.